The summed E-state index contributed by atoms with van der Waals surface area (Å²) in [6, 6.07) is 13.9. The van der Waals surface area contributed by atoms with Crippen LogP contribution in [0.3, 0.4) is 0 Å². The van der Waals surface area contributed by atoms with Crippen LogP contribution in [0.2, 0.25) is 0 Å². The fourth-order valence-electron chi connectivity index (χ4n) is 5.47. The Morgan fingerprint density at radius 1 is 1.13 bits per heavy atom. The average molecular weight is 522 g/mol. The summed E-state index contributed by atoms with van der Waals surface area (Å²) in [5.41, 5.74) is 4.22. The van der Waals surface area contributed by atoms with Gasteiger partial charge in [-0.25, -0.2) is 0 Å². The van der Waals surface area contributed by atoms with Gasteiger partial charge in [0, 0.05) is 19.3 Å². The van der Waals surface area contributed by atoms with Gasteiger partial charge < -0.3 is 29.2 Å². The van der Waals surface area contributed by atoms with Crippen LogP contribution in [-0.2, 0) is 25.5 Å². The maximum absolute atomic E-state index is 13.4. The van der Waals surface area contributed by atoms with Crippen LogP contribution in [0.1, 0.15) is 43.2 Å². The minimum absolute atomic E-state index is 0.0184. The van der Waals surface area contributed by atoms with E-state index < -0.39 is 5.97 Å². The van der Waals surface area contributed by atoms with Crippen molar-refractivity contribution in [3.05, 3.63) is 53.6 Å². The number of para-hydroxylation sites is 1. The number of aliphatic carboxylic acids is 1. The zero-order valence-electron chi connectivity index (χ0n) is 21.9. The predicted octanol–water partition coefficient (Wildman–Crippen LogP) is 4.70. The van der Waals surface area contributed by atoms with Gasteiger partial charge >= 0.3 is 5.97 Å². The molecule has 38 heavy (non-hydrogen) atoms. The molecule has 2 aromatic carbocycles. The summed E-state index contributed by atoms with van der Waals surface area (Å²) in [6.07, 6.45) is 3.74. The molecule has 0 spiro atoms. The number of nitrogens with one attached hydrogen (secondary N) is 1. The third-order valence-corrected chi connectivity index (χ3v) is 7.77. The van der Waals surface area contributed by atoms with Crippen molar-refractivity contribution in [2.45, 2.75) is 63.7 Å². The van der Waals surface area contributed by atoms with E-state index in [1.165, 1.54) is 0 Å². The van der Waals surface area contributed by atoms with Gasteiger partial charge in [-0.05, 0) is 68.4 Å². The van der Waals surface area contributed by atoms with Crippen LogP contribution >= 0.6 is 0 Å². The number of aromatic nitrogens is 1. The molecule has 2 heterocycles. The molecule has 2 aliphatic rings. The Morgan fingerprint density at radius 3 is 2.66 bits per heavy atom. The zero-order chi connectivity index (χ0) is 26.6. The molecule has 0 unspecified atom stereocenters. The van der Waals surface area contributed by atoms with Crippen molar-refractivity contribution >= 4 is 34.7 Å². The van der Waals surface area contributed by atoms with Gasteiger partial charge in [-0.15, -0.1) is 0 Å². The van der Waals surface area contributed by atoms with Crippen molar-refractivity contribution in [1.29, 1.82) is 0 Å². The molecule has 9 heteroatoms. The highest BCUT2D eigenvalue weighted by atomic mass is 16.5. The standard InChI is InChI=1S/C29H35N3O6/c1-18-5-3-4-6-24(18)30-29-31-25-12-7-19(13-26(25)38-29)14-27(33)32-16-23(36-2)15-21(32)17-37-22-10-8-20(9-11-22)28(34)35/h3-7,12-13,20-23H,8-11,14-17H2,1-2H3,(H,30,31)(H,34,35)/t20?,21-,22?,23-/m0/s1. The third-order valence-electron chi connectivity index (χ3n) is 7.77. The van der Waals surface area contributed by atoms with E-state index in [4.69, 9.17) is 13.9 Å². The molecule has 1 saturated heterocycles. The number of rotatable bonds is 9. The molecule has 2 atom stereocenters. The normalized spacial score (nSPS) is 23.6. The first-order valence-corrected chi connectivity index (χ1v) is 13.3. The number of anilines is 2. The van der Waals surface area contributed by atoms with Gasteiger partial charge in [0.25, 0.3) is 6.01 Å². The number of carbonyl (C=O) groups is 2. The van der Waals surface area contributed by atoms with Crippen LogP contribution in [0.15, 0.2) is 46.9 Å². The van der Waals surface area contributed by atoms with Gasteiger partial charge in [-0.3, -0.25) is 9.59 Å². The Balaban J connectivity index is 1.21. The minimum atomic E-state index is -0.721. The zero-order valence-corrected chi connectivity index (χ0v) is 21.9. The summed E-state index contributed by atoms with van der Waals surface area (Å²) in [4.78, 5) is 31.0. The predicted molar refractivity (Wildman–Crippen MR) is 142 cm³/mol. The van der Waals surface area contributed by atoms with E-state index >= 15 is 0 Å². The third kappa shape index (κ3) is 6.00. The Kier molecular flexibility index (Phi) is 7.95. The molecule has 0 radical (unpaired) electrons. The minimum Gasteiger partial charge on any atom is -0.481 e. The molecule has 1 saturated carbocycles. The van der Waals surface area contributed by atoms with E-state index in [9.17, 15) is 14.7 Å². The smallest absolute Gasteiger partial charge is 0.306 e. The number of fused-ring (bicyclic) bond motifs is 1. The number of amides is 1. The van der Waals surface area contributed by atoms with Gasteiger partial charge in [0.05, 0.1) is 37.2 Å². The number of ether oxygens (including phenoxy) is 2. The second-order valence-electron chi connectivity index (χ2n) is 10.4. The Morgan fingerprint density at radius 2 is 1.92 bits per heavy atom. The van der Waals surface area contributed by atoms with E-state index in [-0.39, 0.29) is 36.5 Å². The number of hydrogen-bond acceptors (Lipinski definition) is 7. The molecule has 1 aliphatic heterocycles. The van der Waals surface area contributed by atoms with Crippen molar-refractivity contribution in [2.75, 3.05) is 25.6 Å². The number of carboxylic acid groups (broad SMARTS) is 1. The Labute approximate surface area is 222 Å². The summed E-state index contributed by atoms with van der Waals surface area (Å²) >= 11 is 0. The van der Waals surface area contributed by atoms with Crippen molar-refractivity contribution in [2.24, 2.45) is 5.92 Å². The fourth-order valence-corrected chi connectivity index (χ4v) is 5.47. The molecule has 0 bridgehead atoms. The summed E-state index contributed by atoms with van der Waals surface area (Å²) in [7, 11) is 1.67. The monoisotopic (exact) mass is 521 g/mol. The second kappa shape index (κ2) is 11.5. The Bertz CT molecular complexity index is 1280. The van der Waals surface area contributed by atoms with Gasteiger partial charge in [-0.2, -0.15) is 4.98 Å². The quantitative estimate of drug-likeness (QED) is 0.417. The molecule has 1 aliphatic carbocycles. The van der Waals surface area contributed by atoms with E-state index in [1.807, 2.05) is 54.3 Å². The second-order valence-corrected chi connectivity index (χ2v) is 10.4. The van der Waals surface area contributed by atoms with Crippen LogP contribution < -0.4 is 5.32 Å². The molecular weight excluding hydrogens is 486 g/mol. The molecule has 1 aromatic heterocycles. The highest BCUT2D eigenvalue weighted by Gasteiger charge is 2.36. The number of nitrogens with zero attached hydrogens (tertiary/aromatic N) is 2. The number of methoxy groups -OCH3 is 1. The molecule has 1 amide bonds. The van der Waals surface area contributed by atoms with Crippen LogP contribution in [0.4, 0.5) is 11.7 Å². The number of carboxylic acids is 1. The number of aryl methyl sites for hydroxylation is 1. The molecule has 202 valence electrons. The lowest BCUT2D eigenvalue weighted by molar-refractivity contribution is -0.144. The lowest BCUT2D eigenvalue weighted by Crippen LogP contribution is -2.40. The van der Waals surface area contributed by atoms with E-state index in [2.05, 4.69) is 10.3 Å². The number of oxazole rings is 1. The van der Waals surface area contributed by atoms with Gasteiger partial charge in [-0.1, -0.05) is 24.3 Å². The van der Waals surface area contributed by atoms with E-state index in [0.717, 1.165) is 41.6 Å². The van der Waals surface area contributed by atoms with Crippen molar-refractivity contribution in [3.63, 3.8) is 0 Å². The van der Waals surface area contributed by atoms with Crippen molar-refractivity contribution in [1.82, 2.24) is 9.88 Å². The molecule has 2 N–H and O–H groups in total. The molecule has 5 rings (SSSR count). The molecular formula is C29H35N3O6. The number of benzene rings is 2. The van der Waals surface area contributed by atoms with Crippen molar-refractivity contribution in [3.8, 4) is 0 Å². The fraction of sp³-hybridized carbons (Fsp3) is 0.483. The van der Waals surface area contributed by atoms with Crippen LogP contribution in [-0.4, -0.2) is 65.4 Å². The van der Waals surface area contributed by atoms with Gasteiger partial charge in [0.2, 0.25) is 5.91 Å². The Hall–Kier alpha value is -3.43. The number of likely N-dealkylation sites (tertiary alicyclic amines) is 1. The number of carbonyl (C=O) groups excluding carboxylic acids is 1. The molecule has 2 fully saturated rings. The largest absolute Gasteiger partial charge is 0.481 e. The van der Waals surface area contributed by atoms with Crippen LogP contribution in [0, 0.1) is 12.8 Å². The summed E-state index contributed by atoms with van der Waals surface area (Å²) in [6.45, 7) is 2.98. The van der Waals surface area contributed by atoms with Crippen LogP contribution in [0.5, 0.6) is 0 Å². The van der Waals surface area contributed by atoms with E-state index in [0.29, 0.717) is 37.6 Å². The summed E-state index contributed by atoms with van der Waals surface area (Å²) in [5.74, 6) is -0.973. The first-order valence-electron chi connectivity index (χ1n) is 13.3. The topological polar surface area (TPSA) is 114 Å². The summed E-state index contributed by atoms with van der Waals surface area (Å²) in [5, 5.41) is 12.4. The molecule has 9 nitrogen and oxygen atoms in total. The highest BCUT2D eigenvalue weighted by molar-refractivity contribution is 5.82. The maximum atomic E-state index is 13.4. The average Bonchev–Trinajstić information content (AvgIpc) is 3.52. The van der Waals surface area contributed by atoms with Gasteiger partial charge in [0.15, 0.2) is 5.58 Å². The lowest BCUT2D eigenvalue weighted by atomic mass is 9.87. The molecule has 3 aromatic rings. The van der Waals surface area contributed by atoms with Crippen LogP contribution in [0.25, 0.3) is 11.1 Å². The van der Waals surface area contributed by atoms with E-state index in [1.54, 1.807) is 7.11 Å². The SMILES string of the molecule is CO[C@H]1C[C@@H](COC2CCC(C(=O)O)CC2)N(C(=O)Cc2ccc3nc(Nc4ccccc4C)oc3c2)C1. The van der Waals surface area contributed by atoms with Gasteiger partial charge in [0.1, 0.15) is 5.52 Å². The maximum Gasteiger partial charge on any atom is 0.306 e. The lowest BCUT2D eigenvalue weighted by Gasteiger charge is -2.29. The summed E-state index contributed by atoms with van der Waals surface area (Å²) < 4.78 is 17.7. The highest BCUT2D eigenvalue weighted by Crippen LogP contribution is 2.29. The first-order chi connectivity index (χ1) is 18.4. The first kappa shape index (κ1) is 26.2. The number of hydrogen-bond donors (Lipinski definition) is 2. The van der Waals surface area contributed by atoms with Crippen molar-refractivity contribution < 1.29 is 28.6 Å².